The number of hydrogen-bond donors (Lipinski definition) is 1. The molecule has 0 saturated carbocycles. The maximum Gasteiger partial charge on any atom is 0.255 e. The van der Waals surface area contributed by atoms with Gasteiger partial charge < -0.3 is 14.8 Å². The lowest BCUT2D eigenvalue weighted by atomic mass is 10.2. The molecule has 0 aromatic heterocycles. The van der Waals surface area contributed by atoms with E-state index in [2.05, 4.69) is 25.7 Å². The summed E-state index contributed by atoms with van der Waals surface area (Å²) in [5.74, 6) is 1.74. The van der Waals surface area contributed by atoms with Crippen molar-refractivity contribution in [2.24, 2.45) is 5.92 Å². The summed E-state index contributed by atoms with van der Waals surface area (Å²) in [6.45, 7) is 8.88. The number of hydrogen-bond acceptors (Lipinski definition) is 3. The van der Waals surface area contributed by atoms with Crippen LogP contribution >= 0.6 is 0 Å². The van der Waals surface area contributed by atoms with E-state index in [4.69, 9.17) is 9.47 Å². The summed E-state index contributed by atoms with van der Waals surface area (Å²) >= 11 is 0. The van der Waals surface area contributed by atoms with Crippen molar-refractivity contribution in [1.29, 1.82) is 0 Å². The van der Waals surface area contributed by atoms with Crippen molar-refractivity contribution < 1.29 is 14.3 Å². The second-order valence-electron chi connectivity index (χ2n) is 5.81. The Morgan fingerprint density at radius 1 is 1.12 bits per heavy atom. The second-order valence-corrected chi connectivity index (χ2v) is 5.81. The van der Waals surface area contributed by atoms with Gasteiger partial charge in [0.15, 0.2) is 0 Å². The maximum absolute atomic E-state index is 12.3. The summed E-state index contributed by atoms with van der Waals surface area (Å²) in [6, 6.07) is 14.4. The van der Waals surface area contributed by atoms with Gasteiger partial charge in [-0.05, 0) is 42.3 Å². The zero-order valence-corrected chi connectivity index (χ0v) is 14.1. The molecule has 0 heterocycles. The summed E-state index contributed by atoms with van der Waals surface area (Å²) < 4.78 is 11.1. The SMILES string of the molecule is C=CCOc1cccc(NC(=O)c2ccc(OCC(C)C)cc2)c1. The normalized spacial score (nSPS) is 10.3. The molecule has 0 atom stereocenters. The van der Waals surface area contributed by atoms with Crippen LogP contribution in [0.25, 0.3) is 0 Å². The van der Waals surface area contributed by atoms with Crippen LogP contribution in [0, 0.1) is 5.92 Å². The van der Waals surface area contributed by atoms with Crippen LogP contribution in [0.2, 0.25) is 0 Å². The van der Waals surface area contributed by atoms with Crippen LogP contribution in [0.15, 0.2) is 61.2 Å². The number of rotatable bonds is 8. The topological polar surface area (TPSA) is 47.6 Å². The Kier molecular flexibility index (Phi) is 6.43. The minimum atomic E-state index is -0.175. The van der Waals surface area contributed by atoms with Crippen LogP contribution in [-0.2, 0) is 0 Å². The summed E-state index contributed by atoms with van der Waals surface area (Å²) in [5, 5.41) is 2.86. The lowest BCUT2D eigenvalue weighted by molar-refractivity contribution is 0.102. The Labute approximate surface area is 143 Å². The van der Waals surface area contributed by atoms with Crippen molar-refractivity contribution >= 4 is 11.6 Å². The van der Waals surface area contributed by atoms with Gasteiger partial charge in [0.2, 0.25) is 0 Å². The van der Waals surface area contributed by atoms with Crippen molar-refractivity contribution in [2.75, 3.05) is 18.5 Å². The average Bonchev–Trinajstić information content (AvgIpc) is 2.59. The van der Waals surface area contributed by atoms with Gasteiger partial charge in [-0.2, -0.15) is 0 Å². The molecule has 24 heavy (non-hydrogen) atoms. The first-order valence-electron chi connectivity index (χ1n) is 7.96. The van der Waals surface area contributed by atoms with Gasteiger partial charge in [0.05, 0.1) is 6.61 Å². The molecular formula is C20H23NO3. The molecule has 0 aliphatic carbocycles. The molecule has 2 rings (SSSR count). The third-order valence-electron chi connectivity index (χ3n) is 3.16. The fourth-order valence-corrected chi connectivity index (χ4v) is 1.99. The zero-order chi connectivity index (χ0) is 17.4. The molecule has 0 spiro atoms. The van der Waals surface area contributed by atoms with Gasteiger partial charge in [-0.15, -0.1) is 0 Å². The Morgan fingerprint density at radius 2 is 1.88 bits per heavy atom. The first-order chi connectivity index (χ1) is 11.6. The van der Waals surface area contributed by atoms with E-state index in [-0.39, 0.29) is 5.91 Å². The maximum atomic E-state index is 12.3. The lowest BCUT2D eigenvalue weighted by Crippen LogP contribution is -2.12. The zero-order valence-electron chi connectivity index (χ0n) is 14.1. The van der Waals surface area contributed by atoms with Crippen molar-refractivity contribution in [3.8, 4) is 11.5 Å². The largest absolute Gasteiger partial charge is 0.493 e. The molecule has 1 amide bonds. The van der Waals surface area contributed by atoms with Gasteiger partial charge >= 0.3 is 0 Å². The van der Waals surface area contributed by atoms with Crippen molar-refractivity contribution in [3.63, 3.8) is 0 Å². The molecule has 126 valence electrons. The van der Waals surface area contributed by atoms with Crippen LogP contribution in [-0.4, -0.2) is 19.1 Å². The van der Waals surface area contributed by atoms with Crippen LogP contribution in [0.3, 0.4) is 0 Å². The number of ether oxygens (including phenoxy) is 2. The van der Waals surface area contributed by atoms with Gasteiger partial charge in [0.25, 0.3) is 5.91 Å². The van der Waals surface area contributed by atoms with E-state index in [1.165, 1.54) is 0 Å². The van der Waals surface area contributed by atoms with Crippen LogP contribution in [0.4, 0.5) is 5.69 Å². The van der Waals surface area contributed by atoms with Crippen molar-refractivity contribution in [2.45, 2.75) is 13.8 Å². The van der Waals surface area contributed by atoms with Gasteiger partial charge in [0, 0.05) is 17.3 Å². The van der Waals surface area contributed by atoms with Gasteiger partial charge in [-0.1, -0.05) is 32.6 Å². The molecule has 2 aromatic rings. The molecular weight excluding hydrogens is 302 g/mol. The lowest BCUT2D eigenvalue weighted by Gasteiger charge is -2.10. The Bertz CT molecular complexity index is 678. The third kappa shape index (κ3) is 5.47. The fourth-order valence-electron chi connectivity index (χ4n) is 1.99. The minimum Gasteiger partial charge on any atom is -0.493 e. The molecule has 4 nitrogen and oxygen atoms in total. The highest BCUT2D eigenvalue weighted by Gasteiger charge is 2.07. The number of carbonyl (C=O) groups is 1. The molecule has 1 N–H and O–H groups in total. The van der Waals surface area contributed by atoms with Gasteiger partial charge in [0.1, 0.15) is 18.1 Å². The molecule has 0 unspecified atom stereocenters. The van der Waals surface area contributed by atoms with E-state index < -0.39 is 0 Å². The average molecular weight is 325 g/mol. The van der Waals surface area contributed by atoms with Crippen molar-refractivity contribution in [1.82, 2.24) is 0 Å². The van der Waals surface area contributed by atoms with Crippen molar-refractivity contribution in [3.05, 3.63) is 66.7 Å². The summed E-state index contributed by atoms with van der Waals surface area (Å²) in [5.41, 5.74) is 1.26. The van der Waals surface area contributed by atoms with Gasteiger partial charge in [-0.25, -0.2) is 0 Å². The second kappa shape index (κ2) is 8.77. The smallest absolute Gasteiger partial charge is 0.255 e. The number of benzene rings is 2. The summed E-state index contributed by atoms with van der Waals surface area (Å²) in [6.07, 6.45) is 1.67. The number of amides is 1. The van der Waals surface area contributed by atoms with Gasteiger partial charge in [-0.3, -0.25) is 4.79 Å². The van der Waals surface area contributed by atoms with E-state index in [0.717, 1.165) is 5.75 Å². The number of nitrogens with one attached hydrogen (secondary N) is 1. The first-order valence-corrected chi connectivity index (χ1v) is 7.96. The monoisotopic (exact) mass is 325 g/mol. The standard InChI is InChI=1S/C20H23NO3/c1-4-12-23-19-7-5-6-17(13-19)21-20(22)16-8-10-18(11-9-16)24-14-15(2)3/h4-11,13,15H,1,12,14H2,2-3H3,(H,21,22). The molecule has 0 aliphatic heterocycles. The first kappa shape index (κ1) is 17.6. The molecule has 0 saturated heterocycles. The third-order valence-corrected chi connectivity index (χ3v) is 3.16. The molecule has 0 radical (unpaired) electrons. The molecule has 2 aromatic carbocycles. The summed E-state index contributed by atoms with van der Waals surface area (Å²) in [7, 11) is 0. The van der Waals surface area contributed by atoms with E-state index >= 15 is 0 Å². The summed E-state index contributed by atoms with van der Waals surface area (Å²) in [4.78, 5) is 12.3. The Balaban J connectivity index is 1.97. The number of carbonyl (C=O) groups excluding carboxylic acids is 1. The van der Waals surface area contributed by atoms with Crippen LogP contribution < -0.4 is 14.8 Å². The van der Waals surface area contributed by atoms with E-state index in [9.17, 15) is 4.79 Å². The van der Waals surface area contributed by atoms with Crippen LogP contribution in [0.5, 0.6) is 11.5 Å². The van der Waals surface area contributed by atoms with E-state index in [1.807, 2.05) is 18.2 Å². The molecule has 0 fully saturated rings. The predicted octanol–water partition coefficient (Wildman–Crippen LogP) is 4.54. The molecule has 0 bridgehead atoms. The minimum absolute atomic E-state index is 0.175. The molecule has 0 aliphatic rings. The predicted molar refractivity (Wildman–Crippen MR) is 96.9 cm³/mol. The Hall–Kier alpha value is -2.75. The number of anilines is 1. The highest BCUT2D eigenvalue weighted by atomic mass is 16.5. The quantitative estimate of drug-likeness (QED) is 0.725. The highest BCUT2D eigenvalue weighted by molar-refractivity contribution is 6.04. The fraction of sp³-hybridized carbons (Fsp3) is 0.250. The van der Waals surface area contributed by atoms with Crippen LogP contribution in [0.1, 0.15) is 24.2 Å². The van der Waals surface area contributed by atoms with E-state index in [1.54, 1.807) is 36.4 Å². The highest BCUT2D eigenvalue weighted by Crippen LogP contribution is 2.19. The Morgan fingerprint density at radius 3 is 2.54 bits per heavy atom. The molecule has 4 heteroatoms. The van der Waals surface area contributed by atoms with E-state index in [0.29, 0.717) is 36.1 Å².